The van der Waals surface area contributed by atoms with E-state index >= 15 is 0 Å². The van der Waals surface area contributed by atoms with E-state index in [-0.39, 0.29) is 30.1 Å². The van der Waals surface area contributed by atoms with E-state index in [2.05, 4.69) is 0 Å². The highest BCUT2D eigenvalue weighted by molar-refractivity contribution is 6.00. The average molecular weight is 372 g/mol. The minimum absolute atomic E-state index is 0. The van der Waals surface area contributed by atoms with E-state index in [4.69, 9.17) is 4.74 Å². The summed E-state index contributed by atoms with van der Waals surface area (Å²) in [4.78, 5) is 13.3. The Morgan fingerprint density at radius 2 is 2.11 bits per heavy atom. The summed E-state index contributed by atoms with van der Waals surface area (Å²) >= 11 is 0. The zero-order valence-electron chi connectivity index (χ0n) is 11.3. The second-order valence-electron chi connectivity index (χ2n) is 4.15. The van der Waals surface area contributed by atoms with Gasteiger partial charge in [-0.25, -0.2) is 9.36 Å². The van der Waals surface area contributed by atoms with Crippen LogP contribution < -0.4 is 33.4 Å². The van der Waals surface area contributed by atoms with Gasteiger partial charge in [-0.15, -0.1) is 0 Å². The van der Waals surface area contributed by atoms with E-state index < -0.39 is 0 Å². The number of fused-ring (bicyclic) bond motifs is 1. The molecule has 0 bridgehead atoms. The predicted octanol–water partition coefficient (Wildman–Crippen LogP) is -0.739. The van der Waals surface area contributed by atoms with Gasteiger partial charge in [0, 0.05) is 13.1 Å². The number of carbonyl (C=O) groups excluding carboxylic acids is 1. The maximum absolute atomic E-state index is 11.8. The van der Waals surface area contributed by atoms with Crippen molar-refractivity contribution in [3.05, 3.63) is 36.7 Å². The van der Waals surface area contributed by atoms with Gasteiger partial charge in [0.1, 0.15) is 7.05 Å². The third-order valence-electron chi connectivity index (χ3n) is 2.84. The number of amides is 1. The molecule has 0 saturated carbocycles. The molecule has 1 aromatic carbocycles. The van der Waals surface area contributed by atoms with Gasteiger partial charge in [-0.2, -0.15) is 0 Å². The first kappa shape index (κ1) is 15.7. The van der Waals surface area contributed by atoms with Crippen molar-refractivity contribution in [3.8, 4) is 0 Å². The van der Waals surface area contributed by atoms with E-state index in [1.807, 2.05) is 48.3 Å². The van der Waals surface area contributed by atoms with Gasteiger partial charge in [0.2, 0.25) is 0 Å². The number of nitrogens with zero attached hydrogens (tertiary/aromatic N) is 2. The molecule has 0 fully saturated rings. The molecule has 1 aromatic heterocycles. The van der Waals surface area contributed by atoms with Crippen molar-refractivity contribution >= 4 is 22.6 Å². The average Bonchev–Trinajstić information content (AvgIpc) is 2.37. The quantitative estimate of drug-likeness (QED) is 0.514. The highest BCUT2D eigenvalue weighted by Gasteiger charge is 2.15. The number of carbonyl (C=O) groups is 1. The number of hydrogen-bond donors (Lipinski definition) is 0. The highest BCUT2D eigenvalue weighted by atomic mass is 127. The molecule has 5 heteroatoms. The lowest BCUT2D eigenvalue weighted by Crippen LogP contribution is -3.00. The topological polar surface area (TPSA) is 33.4 Å². The number of aryl methyl sites for hydroxylation is 1. The molecule has 0 aliphatic carbocycles. The molecular weight excluding hydrogens is 355 g/mol. The molecule has 2 aromatic rings. The Hall–Kier alpha value is -1.37. The SMILES string of the molecule is CCOC(=O)N(C)c1cccc2cc[n+](C)cc12.[I-]. The summed E-state index contributed by atoms with van der Waals surface area (Å²) in [5, 5.41) is 2.12. The van der Waals surface area contributed by atoms with E-state index in [9.17, 15) is 4.79 Å². The number of ether oxygens (including phenoxy) is 1. The van der Waals surface area contributed by atoms with Gasteiger partial charge >= 0.3 is 6.09 Å². The van der Waals surface area contributed by atoms with Crippen LogP contribution in [0.3, 0.4) is 0 Å². The van der Waals surface area contributed by atoms with Crippen molar-refractivity contribution in [3.63, 3.8) is 0 Å². The Morgan fingerprint density at radius 1 is 1.37 bits per heavy atom. The molecule has 0 unspecified atom stereocenters. The minimum Gasteiger partial charge on any atom is -1.00 e. The monoisotopic (exact) mass is 372 g/mol. The number of hydrogen-bond acceptors (Lipinski definition) is 2. The maximum atomic E-state index is 11.8. The third kappa shape index (κ3) is 3.34. The van der Waals surface area contributed by atoms with Gasteiger partial charge in [-0.1, -0.05) is 12.1 Å². The van der Waals surface area contributed by atoms with E-state index in [1.54, 1.807) is 14.0 Å². The summed E-state index contributed by atoms with van der Waals surface area (Å²) in [5.41, 5.74) is 0.849. The molecule has 0 spiro atoms. The normalized spacial score (nSPS) is 9.84. The number of anilines is 1. The second kappa shape index (κ2) is 6.70. The Balaban J connectivity index is 0.00000180. The summed E-state index contributed by atoms with van der Waals surface area (Å²) in [5.74, 6) is 0. The maximum Gasteiger partial charge on any atom is 0.414 e. The van der Waals surface area contributed by atoms with Crippen LogP contribution >= 0.6 is 0 Å². The van der Waals surface area contributed by atoms with Crippen LogP contribution in [0.2, 0.25) is 0 Å². The van der Waals surface area contributed by atoms with Gasteiger partial charge in [0.05, 0.1) is 17.7 Å². The number of pyridine rings is 1. The lowest BCUT2D eigenvalue weighted by molar-refractivity contribution is -0.670. The summed E-state index contributed by atoms with van der Waals surface area (Å²) < 4.78 is 6.98. The summed E-state index contributed by atoms with van der Waals surface area (Å²) in [6.07, 6.45) is 3.65. The zero-order valence-corrected chi connectivity index (χ0v) is 13.4. The first-order valence-electron chi connectivity index (χ1n) is 5.92. The lowest BCUT2D eigenvalue weighted by atomic mass is 10.1. The Bertz CT molecular complexity index is 587. The summed E-state index contributed by atoms with van der Waals surface area (Å²) in [7, 11) is 3.68. The Kier molecular flexibility index (Phi) is 5.53. The van der Waals surface area contributed by atoms with E-state index in [0.717, 1.165) is 16.5 Å². The zero-order chi connectivity index (χ0) is 13.1. The predicted molar refractivity (Wildman–Crippen MR) is 70.5 cm³/mol. The Labute approximate surface area is 130 Å². The van der Waals surface area contributed by atoms with Gasteiger partial charge in [-0.05, 0) is 18.4 Å². The molecule has 4 nitrogen and oxygen atoms in total. The van der Waals surface area contributed by atoms with Crippen LogP contribution in [0.1, 0.15) is 6.92 Å². The van der Waals surface area contributed by atoms with Crippen LogP contribution in [-0.4, -0.2) is 19.7 Å². The number of benzene rings is 1. The van der Waals surface area contributed by atoms with Crippen molar-refractivity contribution in [2.24, 2.45) is 7.05 Å². The summed E-state index contributed by atoms with van der Waals surface area (Å²) in [6, 6.07) is 7.91. The van der Waals surface area contributed by atoms with Gasteiger partial charge in [0.25, 0.3) is 0 Å². The number of aromatic nitrogens is 1. The standard InChI is InChI=1S/C14H17N2O2.HI/c1-4-18-14(17)16(3)13-7-5-6-11-8-9-15(2)10-12(11)13;/h5-10H,4H2,1-3H3;1H/q+1;/p-1. The van der Waals surface area contributed by atoms with Crippen molar-refractivity contribution in [2.75, 3.05) is 18.6 Å². The van der Waals surface area contributed by atoms with E-state index in [0.29, 0.717) is 6.61 Å². The number of halogens is 1. The second-order valence-corrected chi connectivity index (χ2v) is 4.15. The molecule has 102 valence electrons. The van der Waals surface area contributed by atoms with Crippen molar-refractivity contribution in [2.45, 2.75) is 6.92 Å². The Morgan fingerprint density at radius 3 is 2.79 bits per heavy atom. The molecule has 0 atom stereocenters. The number of rotatable bonds is 2. The first-order chi connectivity index (χ1) is 8.63. The van der Waals surface area contributed by atoms with Crippen LogP contribution in [0.15, 0.2) is 36.7 Å². The molecule has 0 aliphatic heterocycles. The van der Waals surface area contributed by atoms with Crippen LogP contribution in [0.25, 0.3) is 10.8 Å². The summed E-state index contributed by atoms with van der Waals surface area (Å²) in [6.45, 7) is 2.18. The molecule has 0 saturated heterocycles. The molecular formula is C14H17IN2O2. The molecule has 0 N–H and O–H groups in total. The van der Waals surface area contributed by atoms with Crippen LogP contribution in [0.5, 0.6) is 0 Å². The molecule has 0 radical (unpaired) electrons. The minimum atomic E-state index is -0.337. The largest absolute Gasteiger partial charge is 1.00 e. The lowest BCUT2D eigenvalue weighted by Gasteiger charge is -2.17. The molecule has 2 rings (SSSR count). The molecule has 1 amide bonds. The van der Waals surface area contributed by atoms with Crippen molar-refractivity contribution in [1.29, 1.82) is 0 Å². The van der Waals surface area contributed by atoms with Gasteiger partial charge < -0.3 is 28.7 Å². The fourth-order valence-corrected chi connectivity index (χ4v) is 1.91. The smallest absolute Gasteiger partial charge is 0.414 e. The first-order valence-corrected chi connectivity index (χ1v) is 5.92. The van der Waals surface area contributed by atoms with Crippen LogP contribution in [-0.2, 0) is 11.8 Å². The van der Waals surface area contributed by atoms with Crippen LogP contribution in [0, 0.1) is 0 Å². The molecule has 0 aliphatic rings. The highest BCUT2D eigenvalue weighted by Crippen LogP contribution is 2.24. The molecule has 19 heavy (non-hydrogen) atoms. The van der Waals surface area contributed by atoms with Crippen LogP contribution in [0.4, 0.5) is 10.5 Å². The molecule has 1 heterocycles. The fraction of sp³-hybridized carbons (Fsp3) is 0.286. The van der Waals surface area contributed by atoms with E-state index in [1.165, 1.54) is 4.90 Å². The van der Waals surface area contributed by atoms with Gasteiger partial charge in [0.15, 0.2) is 12.4 Å². The van der Waals surface area contributed by atoms with Gasteiger partial charge in [-0.3, -0.25) is 4.90 Å². The fourth-order valence-electron chi connectivity index (χ4n) is 1.91. The third-order valence-corrected chi connectivity index (χ3v) is 2.84. The van der Waals surface area contributed by atoms with Crippen molar-refractivity contribution in [1.82, 2.24) is 0 Å². The van der Waals surface area contributed by atoms with Crippen molar-refractivity contribution < 1.29 is 38.1 Å².